The summed E-state index contributed by atoms with van der Waals surface area (Å²) < 4.78 is 2.30. The average Bonchev–Trinajstić information content (AvgIpc) is 3.04. The van der Waals surface area contributed by atoms with Crippen molar-refractivity contribution < 1.29 is 4.79 Å². The second-order valence-electron chi connectivity index (χ2n) is 5.46. The molecule has 0 fully saturated rings. The van der Waals surface area contributed by atoms with Crippen LogP contribution >= 0.6 is 11.3 Å². The lowest BCUT2D eigenvalue weighted by atomic mass is 10.1. The summed E-state index contributed by atoms with van der Waals surface area (Å²) in [6.45, 7) is 2.21. The number of hydrogen-bond donors (Lipinski definition) is 1. The molecule has 1 N–H and O–H groups in total. The maximum absolute atomic E-state index is 12.8. The highest BCUT2D eigenvalue weighted by Crippen LogP contribution is 2.26. The molecule has 0 saturated carbocycles. The molecule has 25 heavy (non-hydrogen) atoms. The summed E-state index contributed by atoms with van der Waals surface area (Å²) in [5, 5.41) is 8.56. The Morgan fingerprint density at radius 3 is 2.60 bits per heavy atom. The van der Waals surface area contributed by atoms with Gasteiger partial charge in [0.05, 0.1) is 15.6 Å². The van der Waals surface area contributed by atoms with E-state index in [1.807, 2.05) is 31.2 Å². The Labute approximate surface area is 146 Å². The number of carbonyl (C=O) groups is 1. The van der Waals surface area contributed by atoms with Gasteiger partial charge in [0.1, 0.15) is 0 Å². The number of para-hydroxylation sites is 1. The standard InChI is InChI=1S/C18H14N4O2S/c1-2-22-17(24)12-8-4-3-7-11(12)15(21-22)16(23)20-18-19-13-9-5-6-10-14(13)25-18/h3-10H,2H2,1H3,(H,19,20,23). The molecule has 2 heterocycles. The number of amides is 1. The van der Waals surface area contributed by atoms with E-state index in [2.05, 4.69) is 15.4 Å². The molecule has 0 bridgehead atoms. The first-order valence-electron chi connectivity index (χ1n) is 7.84. The Morgan fingerprint density at radius 2 is 1.84 bits per heavy atom. The Bertz CT molecular complexity index is 1130. The van der Waals surface area contributed by atoms with E-state index in [1.54, 1.807) is 24.3 Å². The second-order valence-corrected chi connectivity index (χ2v) is 6.49. The number of nitrogens with one attached hydrogen (secondary N) is 1. The lowest BCUT2D eigenvalue weighted by Gasteiger charge is -2.08. The summed E-state index contributed by atoms with van der Waals surface area (Å²) in [5.74, 6) is -0.377. The van der Waals surface area contributed by atoms with E-state index in [9.17, 15) is 9.59 Å². The Kier molecular flexibility index (Phi) is 3.77. The molecule has 0 atom stereocenters. The van der Waals surface area contributed by atoms with Gasteiger partial charge in [-0.15, -0.1) is 0 Å². The molecule has 1 amide bonds. The highest BCUT2D eigenvalue weighted by molar-refractivity contribution is 7.22. The van der Waals surface area contributed by atoms with Crippen LogP contribution in [0.3, 0.4) is 0 Å². The fourth-order valence-corrected chi connectivity index (χ4v) is 3.56. The van der Waals surface area contributed by atoms with Gasteiger partial charge in [-0.05, 0) is 25.1 Å². The van der Waals surface area contributed by atoms with Crippen LogP contribution < -0.4 is 10.9 Å². The van der Waals surface area contributed by atoms with Gasteiger partial charge in [0.15, 0.2) is 10.8 Å². The van der Waals surface area contributed by atoms with Crippen molar-refractivity contribution in [3.63, 3.8) is 0 Å². The predicted molar refractivity (Wildman–Crippen MR) is 99.3 cm³/mol. The number of aryl methyl sites for hydroxylation is 1. The topological polar surface area (TPSA) is 76.9 Å². The summed E-state index contributed by atoms with van der Waals surface area (Å²) in [6.07, 6.45) is 0. The van der Waals surface area contributed by atoms with Crippen LogP contribution in [-0.2, 0) is 6.54 Å². The van der Waals surface area contributed by atoms with Gasteiger partial charge >= 0.3 is 0 Å². The van der Waals surface area contributed by atoms with E-state index in [-0.39, 0.29) is 17.2 Å². The van der Waals surface area contributed by atoms with Gasteiger partial charge in [0.2, 0.25) is 0 Å². The van der Waals surface area contributed by atoms with E-state index < -0.39 is 0 Å². The number of hydrogen-bond acceptors (Lipinski definition) is 5. The van der Waals surface area contributed by atoms with E-state index in [4.69, 9.17) is 0 Å². The van der Waals surface area contributed by atoms with E-state index >= 15 is 0 Å². The first-order valence-corrected chi connectivity index (χ1v) is 8.66. The highest BCUT2D eigenvalue weighted by Gasteiger charge is 2.17. The molecule has 6 nitrogen and oxygen atoms in total. The second kappa shape index (κ2) is 6.10. The van der Waals surface area contributed by atoms with Crippen LogP contribution in [0.2, 0.25) is 0 Å². The average molecular weight is 350 g/mol. The van der Waals surface area contributed by atoms with Gasteiger partial charge in [-0.1, -0.05) is 41.7 Å². The zero-order chi connectivity index (χ0) is 17.4. The largest absolute Gasteiger partial charge is 0.296 e. The van der Waals surface area contributed by atoms with Crippen molar-refractivity contribution in [2.24, 2.45) is 0 Å². The first kappa shape index (κ1) is 15.5. The Morgan fingerprint density at radius 1 is 1.12 bits per heavy atom. The number of carbonyl (C=O) groups excluding carboxylic acids is 1. The minimum absolute atomic E-state index is 0.199. The van der Waals surface area contributed by atoms with Gasteiger partial charge in [-0.3, -0.25) is 14.9 Å². The number of rotatable bonds is 3. The lowest BCUT2D eigenvalue weighted by molar-refractivity contribution is 0.102. The van der Waals surface area contributed by atoms with Crippen LogP contribution in [0, 0.1) is 0 Å². The fourth-order valence-electron chi connectivity index (χ4n) is 2.70. The Hall–Kier alpha value is -3.06. The third-order valence-corrected chi connectivity index (χ3v) is 4.85. The molecule has 4 aromatic rings. The van der Waals surface area contributed by atoms with Gasteiger partial charge in [-0.25, -0.2) is 9.67 Å². The predicted octanol–water partition coefficient (Wildman–Crippen LogP) is 3.28. The van der Waals surface area contributed by atoms with E-state index in [1.165, 1.54) is 16.0 Å². The monoisotopic (exact) mass is 350 g/mol. The van der Waals surface area contributed by atoms with Crippen molar-refractivity contribution in [3.8, 4) is 0 Å². The molecule has 0 saturated heterocycles. The molecule has 0 unspecified atom stereocenters. The molecular formula is C18H14N4O2S. The first-order chi connectivity index (χ1) is 12.2. The smallest absolute Gasteiger partial charge is 0.278 e. The zero-order valence-corrected chi connectivity index (χ0v) is 14.2. The summed E-state index contributed by atoms with van der Waals surface area (Å²) in [4.78, 5) is 29.5. The van der Waals surface area contributed by atoms with Crippen molar-refractivity contribution in [2.45, 2.75) is 13.5 Å². The molecule has 0 radical (unpaired) electrons. The van der Waals surface area contributed by atoms with Crippen LogP contribution in [0.5, 0.6) is 0 Å². The molecule has 124 valence electrons. The molecule has 7 heteroatoms. The minimum atomic E-state index is -0.377. The zero-order valence-electron chi connectivity index (χ0n) is 13.4. The molecule has 0 aliphatic heterocycles. The summed E-state index contributed by atoms with van der Waals surface area (Å²) >= 11 is 1.40. The number of thiazole rings is 1. The van der Waals surface area contributed by atoms with Crippen molar-refractivity contribution in [2.75, 3.05) is 5.32 Å². The molecule has 4 rings (SSSR count). The normalized spacial score (nSPS) is 11.1. The number of aromatic nitrogens is 3. The van der Waals surface area contributed by atoms with Crippen LogP contribution in [0.1, 0.15) is 17.4 Å². The maximum Gasteiger partial charge on any atom is 0.278 e. The molecule has 0 aliphatic carbocycles. The van der Waals surface area contributed by atoms with E-state index in [0.29, 0.717) is 22.4 Å². The highest BCUT2D eigenvalue weighted by atomic mass is 32.1. The number of nitrogens with zero attached hydrogens (tertiary/aromatic N) is 3. The maximum atomic E-state index is 12.8. The van der Waals surface area contributed by atoms with Gasteiger partial charge in [0.25, 0.3) is 11.5 Å². The Balaban J connectivity index is 1.79. The number of anilines is 1. The van der Waals surface area contributed by atoms with Gasteiger partial charge in [-0.2, -0.15) is 5.10 Å². The van der Waals surface area contributed by atoms with Crippen LogP contribution in [0.25, 0.3) is 21.0 Å². The quantitative estimate of drug-likeness (QED) is 0.615. The molecule has 2 aromatic heterocycles. The molecule has 2 aromatic carbocycles. The van der Waals surface area contributed by atoms with E-state index in [0.717, 1.165) is 10.2 Å². The third-order valence-electron chi connectivity index (χ3n) is 3.90. The molecule has 0 spiro atoms. The number of fused-ring (bicyclic) bond motifs is 2. The summed E-state index contributed by atoms with van der Waals surface area (Å²) in [6, 6.07) is 14.7. The molecule has 0 aliphatic rings. The van der Waals surface area contributed by atoms with Crippen molar-refractivity contribution >= 4 is 43.4 Å². The SMILES string of the molecule is CCn1nc(C(=O)Nc2nc3ccccc3s2)c2ccccc2c1=O. The summed E-state index contributed by atoms with van der Waals surface area (Å²) in [5.41, 5.74) is 0.852. The van der Waals surface area contributed by atoms with Gasteiger partial charge in [0, 0.05) is 11.9 Å². The minimum Gasteiger partial charge on any atom is -0.296 e. The van der Waals surface area contributed by atoms with Crippen LogP contribution in [-0.4, -0.2) is 20.7 Å². The lowest BCUT2D eigenvalue weighted by Crippen LogP contribution is -2.27. The van der Waals surface area contributed by atoms with Gasteiger partial charge < -0.3 is 0 Å². The van der Waals surface area contributed by atoms with Crippen molar-refractivity contribution in [1.29, 1.82) is 0 Å². The van der Waals surface area contributed by atoms with Crippen LogP contribution in [0.4, 0.5) is 5.13 Å². The van der Waals surface area contributed by atoms with Crippen LogP contribution in [0.15, 0.2) is 53.3 Å². The fraction of sp³-hybridized carbons (Fsp3) is 0.111. The number of benzene rings is 2. The third kappa shape index (κ3) is 2.68. The summed E-state index contributed by atoms with van der Waals surface area (Å²) in [7, 11) is 0. The molecular weight excluding hydrogens is 336 g/mol. The van der Waals surface area contributed by atoms with Crippen molar-refractivity contribution in [1.82, 2.24) is 14.8 Å². The van der Waals surface area contributed by atoms with Crippen molar-refractivity contribution in [3.05, 3.63) is 64.6 Å².